The number of hydrogen-bond donors (Lipinski definition) is 0. The van der Waals surface area contributed by atoms with Gasteiger partial charge in [0, 0.05) is 24.6 Å². The Labute approximate surface area is 112 Å². The predicted octanol–water partition coefficient (Wildman–Crippen LogP) is 1.73. The van der Waals surface area contributed by atoms with Crippen molar-refractivity contribution in [2.75, 3.05) is 31.2 Å². The Morgan fingerprint density at radius 1 is 1.28 bits per heavy atom. The quantitative estimate of drug-likeness (QED) is 0.804. The van der Waals surface area contributed by atoms with Gasteiger partial charge < -0.3 is 14.1 Å². The van der Waals surface area contributed by atoms with Gasteiger partial charge in [0.25, 0.3) is 0 Å². The van der Waals surface area contributed by atoms with Gasteiger partial charge in [-0.3, -0.25) is 4.57 Å². The van der Waals surface area contributed by atoms with E-state index >= 15 is 0 Å². The fourth-order valence-electron chi connectivity index (χ4n) is 2.21. The molecule has 1 aromatic carbocycles. The maximum atomic E-state index is 11.6. The fraction of sp³-hybridized carbons (Fsp3) is 0.417. The normalized spacial score (nSPS) is 16.4. The fourth-order valence-corrected chi connectivity index (χ4v) is 2.65. The monoisotopic (exact) mass is 312 g/mol. The lowest BCUT2D eigenvalue weighted by Crippen LogP contribution is -2.36. The van der Waals surface area contributed by atoms with Crippen molar-refractivity contribution in [2.24, 2.45) is 7.05 Å². The molecule has 0 saturated carbocycles. The summed E-state index contributed by atoms with van der Waals surface area (Å²) < 4.78 is 13.1. The standard InChI is InChI=1S/C12H13BrN2O3/c1-14-9-6-8(13)7-10(11(9)18-12(14)16)15-2-4-17-5-3-15/h6-7H,2-5H2,1H3. The average molecular weight is 313 g/mol. The molecule has 6 heteroatoms. The molecule has 0 radical (unpaired) electrons. The summed E-state index contributed by atoms with van der Waals surface area (Å²) in [5.41, 5.74) is 2.39. The van der Waals surface area contributed by atoms with Crippen molar-refractivity contribution >= 4 is 32.7 Å². The number of benzene rings is 1. The SMILES string of the molecule is Cn1c(=O)oc2c(N3CCOCC3)cc(Br)cc21. The number of halogens is 1. The molecule has 1 aliphatic heterocycles. The Balaban J connectivity index is 2.21. The smallest absolute Gasteiger partial charge is 0.405 e. The van der Waals surface area contributed by atoms with Crippen molar-refractivity contribution in [1.82, 2.24) is 4.57 Å². The van der Waals surface area contributed by atoms with Crippen LogP contribution in [0.15, 0.2) is 25.8 Å². The molecule has 0 N–H and O–H groups in total. The van der Waals surface area contributed by atoms with Crippen molar-refractivity contribution in [2.45, 2.75) is 0 Å². The van der Waals surface area contributed by atoms with Crippen LogP contribution in [0.5, 0.6) is 0 Å². The molecule has 1 aromatic heterocycles. The molecule has 5 nitrogen and oxygen atoms in total. The van der Waals surface area contributed by atoms with Gasteiger partial charge in [-0.25, -0.2) is 4.79 Å². The topological polar surface area (TPSA) is 47.6 Å². The second-order valence-corrected chi connectivity index (χ2v) is 5.22. The maximum absolute atomic E-state index is 11.6. The number of oxazole rings is 1. The van der Waals surface area contributed by atoms with E-state index in [9.17, 15) is 4.79 Å². The van der Waals surface area contributed by atoms with Crippen LogP contribution in [0.2, 0.25) is 0 Å². The molecule has 0 aliphatic carbocycles. The first kappa shape index (κ1) is 11.8. The van der Waals surface area contributed by atoms with Crippen molar-refractivity contribution in [3.63, 3.8) is 0 Å². The lowest BCUT2D eigenvalue weighted by Gasteiger charge is -2.28. The summed E-state index contributed by atoms with van der Waals surface area (Å²) in [7, 11) is 1.71. The highest BCUT2D eigenvalue weighted by atomic mass is 79.9. The molecule has 2 heterocycles. The van der Waals surface area contributed by atoms with Crippen LogP contribution in [-0.2, 0) is 11.8 Å². The third kappa shape index (κ3) is 1.85. The van der Waals surface area contributed by atoms with E-state index in [1.165, 1.54) is 4.57 Å². The van der Waals surface area contributed by atoms with Gasteiger partial charge in [-0.15, -0.1) is 0 Å². The molecule has 3 rings (SSSR count). The third-order valence-electron chi connectivity index (χ3n) is 3.19. The van der Waals surface area contributed by atoms with E-state index in [0.717, 1.165) is 28.8 Å². The van der Waals surface area contributed by atoms with Crippen LogP contribution in [0.25, 0.3) is 11.1 Å². The third-order valence-corrected chi connectivity index (χ3v) is 3.65. The molecule has 0 atom stereocenters. The molecular formula is C12H13BrN2O3. The van der Waals surface area contributed by atoms with E-state index in [0.29, 0.717) is 18.8 Å². The van der Waals surface area contributed by atoms with Gasteiger partial charge in [0.05, 0.1) is 24.4 Å². The Morgan fingerprint density at radius 2 is 2.00 bits per heavy atom. The molecule has 0 spiro atoms. The summed E-state index contributed by atoms with van der Waals surface area (Å²) in [6.07, 6.45) is 0. The van der Waals surface area contributed by atoms with Crippen LogP contribution in [0.1, 0.15) is 0 Å². The van der Waals surface area contributed by atoms with E-state index in [4.69, 9.17) is 9.15 Å². The van der Waals surface area contributed by atoms with Gasteiger partial charge in [0.15, 0.2) is 5.58 Å². The lowest BCUT2D eigenvalue weighted by atomic mass is 10.2. The first-order chi connectivity index (χ1) is 8.66. The molecule has 0 unspecified atom stereocenters. The second kappa shape index (κ2) is 4.44. The zero-order chi connectivity index (χ0) is 12.7. The number of ether oxygens (including phenoxy) is 1. The zero-order valence-corrected chi connectivity index (χ0v) is 11.6. The summed E-state index contributed by atoms with van der Waals surface area (Å²) in [5, 5.41) is 0. The van der Waals surface area contributed by atoms with Gasteiger partial charge in [-0.2, -0.15) is 0 Å². The Kier molecular flexibility index (Phi) is 2.91. The number of anilines is 1. The minimum atomic E-state index is -0.336. The van der Waals surface area contributed by atoms with Gasteiger partial charge in [-0.1, -0.05) is 15.9 Å². The number of rotatable bonds is 1. The number of aryl methyl sites for hydroxylation is 1. The van der Waals surface area contributed by atoms with Crippen molar-refractivity contribution in [3.8, 4) is 0 Å². The minimum Gasteiger partial charge on any atom is -0.405 e. The van der Waals surface area contributed by atoms with E-state index in [1.807, 2.05) is 12.1 Å². The molecule has 2 aromatic rings. The average Bonchev–Trinajstić information content (AvgIpc) is 2.66. The molecular weight excluding hydrogens is 300 g/mol. The molecule has 0 bridgehead atoms. The highest BCUT2D eigenvalue weighted by molar-refractivity contribution is 9.10. The number of morpholine rings is 1. The van der Waals surface area contributed by atoms with E-state index < -0.39 is 0 Å². The number of fused-ring (bicyclic) bond motifs is 1. The molecule has 1 aliphatic rings. The van der Waals surface area contributed by atoms with Gasteiger partial charge in [-0.05, 0) is 12.1 Å². The van der Waals surface area contributed by atoms with Gasteiger partial charge >= 0.3 is 5.76 Å². The Morgan fingerprint density at radius 3 is 2.72 bits per heavy atom. The summed E-state index contributed by atoms with van der Waals surface area (Å²) in [5.74, 6) is -0.336. The summed E-state index contributed by atoms with van der Waals surface area (Å²) >= 11 is 3.48. The van der Waals surface area contributed by atoms with Crippen molar-refractivity contribution in [3.05, 3.63) is 27.2 Å². The first-order valence-corrected chi connectivity index (χ1v) is 6.58. The van der Waals surface area contributed by atoms with Crippen LogP contribution in [0.4, 0.5) is 5.69 Å². The first-order valence-electron chi connectivity index (χ1n) is 5.78. The van der Waals surface area contributed by atoms with Crippen LogP contribution in [0.3, 0.4) is 0 Å². The number of hydrogen-bond acceptors (Lipinski definition) is 4. The molecule has 18 heavy (non-hydrogen) atoms. The predicted molar refractivity (Wildman–Crippen MR) is 72.2 cm³/mol. The number of nitrogens with zero attached hydrogens (tertiary/aromatic N) is 2. The zero-order valence-electron chi connectivity index (χ0n) is 9.98. The highest BCUT2D eigenvalue weighted by Crippen LogP contribution is 2.30. The number of aromatic nitrogens is 1. The van der Waals surface area contributed by atoms with E-state index in [-0.39, 0.29) is 5.76 Å². The summed E-state index contributed by atoms with van der Waals surface area (Å²) in [6.45, 7) is 3.02. The second-order valence-electron chi connectivity index (χ2n) is 4.30. The van der Waals surface area contributed by atoms with E-state index in [1.54, 1.807) is 7.05 Å². The molecule has 1 saturated heterocycles. The maximum Gasteiger partial charge on any atom is 0.419 e. The lowest BCUT2D eigenvalue weighted by molar-refractivity contribution is 0.122. The summed E-state index contributed by atoms with van der Waals surface area (Å²) in [4.78, 5) is 13.8. The van der Waals surface area contributed by atoms with Gasteiger partial charge in [0.1, 0.15) is 0 Å². The molecule has 1 fully saturated rings. The highest BCUT2D eigenvalue weighted by Gasteiger charge is 2.18. The molecule has 0 amide bonds. The van der Waals surface area contributed by atoms with Crippen LogP contribution in [-0.4, -0.2) is 30.9 Å². The van der Waals surface area contributed by atoms with Crippen LogP contribution >= 0.6 is 15.9 Å². The van der Waals surface area contributed by atoms with Crippen LogP contribution < -0.4 is 10.7 Å². The Bertz CT molecular complexity index is 641. The largest absolute Gasteiger partial charge is 0.419 e. The summed E-state index contributed by atoms with van der Waals surface area (Å²) in [6, 6.07) is 3.88. The van der Waals surface area contributed by atoms with Crippen molar-refractivity contribution in [1.29, 1.82) is 0 Å². The Hall–Kier alpha value is -1.27. The molecule has 96 valence electrons. The minimum absolute atomic E-state index is 0.336. The van der Waals surface area contributed by atoms with Crippen molar-refractivity contribution < 1.29 is 9.15 Å². The van der Waals surface area contributed by atoms with Gasteiger partial charge in [0.2, 0.25) is 0 Å². The van der Waals surface area contributed by atoms with Crippen LogP contribution in [0, 0.1) is 0 Å². The van der Waals surface area contributed by atoms with E-state index in [2.05, 4.69) is 20.8 Å².